The van der Waals surface area contributed by atoms with Gasteiger partial charge in [-0.05, 0) is 25.0 Å². The Morgan fingerprint density at radius 3 is 2.71 bits per heavy atom. The molecule has 2 rings (SSSR count). The van der Waals surface area contributed by atoms with Crippen molar-refractivity contribution in [3.63, 3.8) is 0 Å². The van der Waals surface area contributed by atoms with E-state index in [1.807, 2.05) is 0 Å². The first-order chi connectivity index (χ1) is 9.75. The minimum absolute atomic E-state index is 0.0342. The number of sulfonamides is 1. The number of carboxylic acid groups (broad SMARTS) is 1. The van der Waals surface area contributed by atoms with Crippen LogP contribution in [-0.2, 0) is 14.8 Å². The quantitative estimate of drug-likeness (QED) is 0.627. The number of nitro benzene ring substituents is 1. The number of hydrogen-bond acceptors (Lipinski definition) is 5. The molecule has 1 fully saturated rings. The first-order valence-electron chi connectivity index (χ1n) is 5.93. The van der Waals surface area contributed by atoms with Crippen molar-refractivity contribution in [3.8, 4) is 0 Å². The molecular weight excluding hydrogens is 368 g/mol. The molecule has 10 heteroatoms. The molecule has 0 unspecified atom stereocenters. The van der Waals surface area contributed by atoms with Gasteiger partial charge in [0.2, 0.25) is 0 Å². The van der Waals surface area contributed by atoms with Crippen LogP contribution in [0.2, 0.25) is 0 Å². The van der Waals surface area contributed by atoms with Gasteiger partial charge in [0, 0.05) is 17.1 Å². The molecule has 0 amide bonds. The largest absolute Gasteiger partial charge is 0.480 e. The van der Waals surface area contributed by atoms with Gasteiger partial charge in [0.05, 0.1) is 4.92 Å². The van der Waals surface area contributed by atoms with Crippen molar-refractivity contribution in [2.45, 2.75) is 23.8 Å². The summed E-state index contributed by atoms with van der Waals surface area (Å²) in [5, 5.41) is 20.1. The zero-order chi connectivity index (χ0) is 15.8. The highest BCUT2D eigenvalue weighted by molar-refractivity contribution is 9.10. The van der Waals surface area contributed by atoms with Gasteiger partial charge in [0.1, 0.15) is 6.04 Å². The maximum atomic E-state index is 12.5. The summed E-state index contributed by atoms with van der Waals surface area (Å²) in [5.74, 6) is -1.25. The van der Waals surface area contributed by atoms with Gasteiger partial charge in [0.15, 0.2) is 4.90 Å². The summed E-state index contributed by atoms with van der Waals surface area (Å²) in [7, 11) is -4.24. The Morgan fingerprint density at radius 1 is 1.48 bits per heavy atom. The molecule has 0 aromatic heterocycles. The topological polar surface area (TPSA) is 118 Å². The Morgan fingerprint density at radius 2 is 2.14 bits per heavy atom. The van der Waals surface area contributed by atoms with Crippen LogP contribution in [0.1, 0.15) is 12.8 Å². The van der Waals surface area contributed by atoms with Crippen molar-refractivity contribution in [2.24, 2.45) is 0 Å². The fourth-order valence-corrected chi connectivity index (χ4v) is 4.39. The number of nitro groups is 1. The molecule has 0 bridgehead atoms. The van der Waals surface area contributed by atoms with E-state index in [9.17, 15) is 23.3 Å². The molecule has 1 aromatic rings. The van der Waals surface area contributed by atoms with E-state index in [4.69, 9.17) is 5.11 Å². The molecule has 1 aromatic carbocycles. The third kappa shape index (κ3) is 2.92. The van der Waals surface area contributed by atoms with Crippen molar-refractivity contribution in [1.29, 1.82) is 0 Å². The molecule has 0 spiro atoms. The number of carbonyl (C=O) groups is 1. The van der Waals surface area contributed by atoms with Crippen LogP contribution in [0, 0.1) is 10.1 Å². The molecule has 1 atom stereocenters. The van der Waals surface area contributed by atoms with Gasteiger partial charge in [0.25, 0.3) is 15.7 Å². The van der Waals surface area contributed by atoms with Gasteiger partial charge >= 0.3 is 5.97 Å². The van der Waals surface area contributed by atoms with Gasteiger partial charge in [-0.3, -0.25) is 14.9 Å². The first-order valence-corrected chi connectivity index (χ1v) is 8.17. The van der Waals surface area contributed by atoms with E-state index in [1.165, 1.54) is 6.07 Å². The maximum Gasteiger partial charge on any atom is 0.322 e. The second-order valence-electron chi connectivity index (χ2n) is 4.48. The molecule has 21 heavy (non-hydrogen) atoms. The third-order valence-electron chi connectivity index (χ3n) is 3.19. The highest BCUT2D eigenvalue weighted by Gasteiger charge is 2.42. The van der Waals surface area contributed by atoms with Crippen LogP contribution < -0.4 is 0 Å². The summed E-state index contributed by atoms with van der Waals surface area (Å²) < 4.78 is 26.2. The van der Waals surface area contributed by atoms with Gasteiger partial charge < -0.3 is 5.11 Å². The molecule has 1 N–H and O–H groups in total. The summed E-state index contributed by atoms with van der Waals surface area (Å²) in [6.45, 7) is 0.0342. The van der Waals surface area contributed by atoms with Crippen LogP contribution in [0.25, 0.3) is 0 Å². The minimum atomic E-state index is -4.24. The Hall–Kier alpha value is -1.52. The van der Waals surface area contributed by atoms with Crippen molar-refractivity contribution < 1.29 is 23.2 Å². The normalized spacial score (nSPS) is 19.6. The lowest BCUT2D eigenvalue weighted by atomic mass is 10.2. The van der Waals surface area contributed by atoms with E-state index in [0.717, 1.165) is 16.4 Å². The molecule has 1 aliphatic heterocycles. The second kappa shape index (κ2) is 5.70. The second-order valence-corrected chi connectivity index (χ2v) is 7.26. The predicted molar refractivity (Wildman–Crippen MR) is 75.3 cm³/mol. The van der Waals surface area contributed by atoms with Crippen LogP contribution in [-0.4, -0.2) is 41.3 Å². The molecule has 8 nitrogen and oxygen atoms in total. The summed E-state index contributed by atoms with van der Waals surface area (Å²) in [6.07, 6.45) is 0.597. The van der Waals surface area contributed by atoms with Crippen molar-refractivity contribution >= 4 is 37.6 Å². The molecule has 114 valence electrons. The minimum Gasteiger partial charge on any atom is -0.480 e. The van der Waals surface area contributed by atoms with Crippen molar-refractivity contribution in [3.05, 3.63) is 32.8 Å². The number of rotatable bonds is 4. The Balaban J connectivity index is 2.54. The van der Waals surface area contributed by atoms with E-state index in [2.05, 4.69) is 15.9 Å². The Bertz CT molecular complexity index is 705. The van der Waals surface area contributed by atoms with E-state index < -0.39 is 37.5 Å². The van der Waals surface area contributed by atoms with E-state index in [1.54, 1.807) is 0 Å². The monoisotopic (exact) mass is 378 g/mol. The van der Waals surface area contributed by atoms with Crippen LogP contribution in [0.4, 0.5) is 5.69 Å². The van der Waals surface area contributed by atoms with E-state index in [-0.39, 0.29) is 13.0 Å². The lowest BCUT2D eigenvalue weighted by molar-refractivity contribution is -0.387. The number of halogens is 1. The third-order valence-corrected chi connectivity index (χ3v) is 5.64. The predicted octanol–water partition coefficient (Wildman–Crippen LogP) is 1.59. The standard InChI is InChI=1S/C11H11BrN2O6S/c12-7-3-4-10(9(6-7)14(17)18)21(19,20)13-5-1-2-8(13)11(15)16/h3-4,6,8H,1-2,5H2,(H,15,16)/t8-/m0/s1. The lowest BCUT2D eigenvalue weighted by Crippen LogP contribution is -2.40. The fourth-order valence-electron chi connectivity index (χ4n) is 2.25. The molecular formula is C11H11BrN2O6S. The number of hydrogen-bond donors (Lipinski definition) is 1. The maximum absolute atomic E-state index is 12.5. The summed E-state index contributed by atoms with van der Waals surface area (Å²) in [4.78, 5) is 20.9. The fraction of sp³-hybridized carbons (Fsp3) is 0.364. The van der Waals surface area contributed by atoms with Crippen LogP contribution in [0.15, 0.2) is 27.6 Å². The Kier molecular flexibility index (Phi) is 4.30. The van der Waals surface area contributed by atoms with Crippen LogP contribution in [0.3, 0.4) is 0 Å². The number of carboxylic acids is 1. The van der Waals surface area contributed by atoms with Gasteiger partial charge in [-0.2, -0.15) is 4.31 Å². The summed E-state index contributed by atoms with van der Waals surface area (Å²) >= 11 is 3.04. The van der Waals surface area contributed by atoms with Crippen molar-refractivity contribution in [1.82, 2.24) is 4.31 Å². The highest BCUT2D eigenvalue weighted by atomic mass is 79.9. The number of nitrogens with zero attached hydrogens (tertiary/aromatic N) is 2. The zero-order valence-electron chi connectivity index (χ0n) is 10.6. The molecule has 0 radical (unpaired) electrons. The first kappa shape index (κ1) is 15.9. The average Bonchev–Trinajstić information content (AvgIpc) is 2.88. The molecule has 1 saturated heterocycles. The summed E-state index contributed by atoms with van der Waals surface area (Å²) in [5.41, 5.74) is -0.583. The summed E-state index contributed by atoms with van der Waals surface area (Å²) in [6, 6.07) is 2.37. The van der Waals surface area contributed by atoms with Crippen LogP contribution >= 0.6 is 15.9 Å². The smallest absolute Gasteiger partial charge is 0.322 e. The lowest BCUT2D eigenvalue weighted by Gasteiger charge is -2.20. The average molecular weight is 379 g/mol. The molecule has 0 saturated carbocycles. The molecule has 1 aliphatic rings. The molecule has 0 aliphatic carbocycles. The van der Waals surface area contributed by atoms with Crippen LogP contribution in [0.5, 0.6) is 0 Å². The highest BCUT2D eigenvalue weighted by Crippen LogP contribution is 2.33. The zero-order valence-corrected chi connectivity index (χ0v) is 13.0. The van der Waals surface area contributed by atoms with E-state index in [0.29, 0.717) is 10.9 Å². The Labute approximate surface area is 128 Å². The van der Waals surface area contributed by atoms with Gasteiger partial charge in [-0.15, -0.1) is 0 Å². The van der Waals surface area contributed by atoms with E-state index >= 15 is 0 Å². The van der Waals surface area contributed by atoms with Gasteiger partial charge in [-0.1, -0.05) is 15.9 Å². The molecule has 1 heterocycles. The number of benzene rings is 1. The van der Waals surface area contributed by atoms with Gasteiger partial charge in [-0.25, -0.2) is 8.42 Å². The van der Waals surface area contributed by atoms with Crippen molar-refractivity contribution in [2.75, 3.05) is 6.54 Å². The number of aliphatic carboxylic acids is 1. The SMILES string of the molecule is O=C(O)[C@@H]1CCCN1S(=O)(=O)c1ccc(Br)cc1[N+](=O)[O-].